The lowest BCUT2D eigenvalue weighted by atomic mass is 9.99. The second kappa shape index (κ2) is 12.5. The predicted octanol–water partition coefficient (Wildman–Crippen LogP) is 6.97. The van der Waals surface area contributed by atoms with Crippen LogP contribution in [0.5, 0.6) is 5.75 Å². The summed E-state index contributed by atoms with van der Waals surface area (Å²) >= 11 is 12.6. The molecule has 0 radical (unpaired) electrons. The van der Waals surface area contributed by atoms with Crippen LogP contribution in [0.3, 0.4) is 0 Å². The molecule has 4 aromatic rings. The number of anilines is 1. The first-order chi connectivity index (χ1) is 18.7. The molecule has 7 nitrogen and oxygen atoms in total. The lowest BCUT2D eigenvalue weighted by molar-refractivity contribution is 0.0524. The van der Waals surface area contributed by atoms with E-state index in [2.05, 4.69) is 5.32 Å². The van der Waals surface area contributed by atoms with E-state index in [9.17, 15) is 9.59 Å². The van der Waals surface area contributed by atoms with Gasteiger partial charge >= 0.3 is 5.97 Å². The summed E-state index contributed by atoms with van der Waals surface area (Å²) in [6, 6.07) is 17.9. The standard InChI is InChI=1S/C30H31Cl2N3O4/c1-5-39-30(37)25-14-15-35(19(2)3)28(25)27(21-8-10-22(31)11-9-21)33-23-16-26(32)29(36)34(18-23)17-20-6-12-24(38-4)13-7-20/h6-16,18-19,27,33H,5,17H2,1-4H3. The number of nitrogens with zero attached hydrogens (tertiary/aromatic N) is 2. The number of methoxy groups -OCH3 is 1. The molecule has 0 aliphatic rings. The maximum atomic E-state index is 13.0. The average Bonchev–Trinajstić information content (AvgIpc) is 3.37. The van der Waals surface area contributed by atoms with Gasteiger partial charge in [-0.1, -0.05) is 47.5 Å². The van der Waals surface area contributed by atoms with Gasteiger partial charge in [0.15, 0.2) is 0 Å². The topological polar surface area (TPSA) is 74.5 Å². The third-order valence-electron chi connectivity index (χ3n) is 6.35. The molecule has 0 bridgehead atoms. The molecule has 2 heterocycles. The third kappa shape index (κ3) is 6.49. The molecule has 0 fully saturated rings. The van der Waals surface area contributed by atoms with Gasteiger partial charge < -0.3 is 23.9 Å². The van der Waals surface area contributed by atoms with E-state index in [1.165, 1.54) is 0 Å². The Morgan fingerprint density at radius 1 is 1.03 bits per heavy atom. The highest BCUT2D eigenvalue weighted by atomic mass is 35.5. The van der Waals surface area contributed by atoms with Gasteiger partial charge in [0.1, 0.15) is 10.8 Å². The van der Waals surface area contributed by atoms with Gasteiger partial charge in [-0.15, -0.1) is 0 Å². The molecule has 1 unspecified atom stereocenters. The van der Waals surface area contributed by atoms with E-state index in [4.69, 9.17) is 32.7 Å². The molecule has 2 aromatic heterocycles. The molecule has 4 rings (SSSR count). The lowest BCUT2D eigenvalue weighted by Gasteiger charge is -2.26. The highest BCUT2D eigenvalue weighted by molar-refractivity contribution is 6.30. The molecule has 0 aliphatic carbocycles. The summed E-state index contributed by atoms with van der Waals surface area (Å²) in [7, 11) is 1.61. The van der Waals surface area contributed by atoms with Crippen LogP contribution in [0.15, 0.2) is 77.9 Å². The molecule has 0 saturated carbocycles. The summed E-state index contributed by atoms with van der Waals surface area (Å²) in [6.07, 6.45) is 3.61. The predicted molar refractivity (Wildman–Crippen MR) is 155 cm³/mol. The molecule has 0 spiro atoms. The van der Waals surface area contributed by atoms with Crippen LogP contribution < -0.4 is 15.6 Å². The molecular weight excluding hydrogens is 537 g/mol. The maximum Gasteiger partial charge on any atom is 0.340 e. The van der Waals surface area contributed by atoms with Gasteiger partial charge in [-0.2, -0.15) is 0 Å². The summed E-state index contributed by atoms with van der Waals surface area (Å²) in [5.74, 6) is 0.325. The van der Waals surface area contributed by atoms with Crippen molar-refractivity contribution in [3.05, 3.63) is 116 Å². The van der Waals surface area contributed by atoms with Crippen molar-refractivity contribution in [2.45, 2.75) is 39.4 Å². The van der Waals surface area contributed by atoms with E-state index in [0.717, 1.165) is 22.6 Å². The van der Waals surface area contributed by atoms with Gasteiger partial charge in [0, 0.05) is 23.5 Å². The van der Waals surface area contributed by atoms with Crippen LogP contribution in [-0.2, 0) is 11.3 Å². The largest absolute Gasteiger partial charge is 0.497 e. The van der Waals surface area contributed by atoms with Gasteiger partial charge in [-0.3, -0.25) is 4.79 Å². The van der Waals surface area contributed by atoms with E-state index in [0.29, 0.717) is 22.8 Å². The third-order valence-corrected chi connectivity index (χ3v) is 6.87. The Labute approximate surface area is 237 Å². The molecule has 1 N–H and O–H groups in total. The number of hydrogen-bond acceptors (Lipinski definition) is 5. The molecule has 0 amide bonds. The Morgan fingerprint density at radius 2 is 1.72 bits per heavy atom. The van der Waals surface area contributed by atoms with Crippen molar-refractivity contribution in [2.24, 2.45) is 0 Å². The quantitative estimate of drug-likeness (QED) is 0.209. The monoisotopic (exact) mass is 567 g/mol. The van der Waals surface area contributed by atoms with Crippen LogP contribution in [0.2, 0.25) is 10.0 Å². The van der Waals surface area contributed by atoms with Crippen molar-refractivity contribution < 1.29 is 14.3 Å². The zero-order chi connectivity index (χ0) is 28.1. The molecule has 1 atom stereocenters. The van der Waals surface area contributed by atoms with Crippen LogP contribution in [0.4, 0.5) is 5.69 Å². The van der Waals surface area contributed by atoms with E-state index >= 15 is 0 Å². The number of halogens is 2. The van der Waals surface area contributed by atoms with E-state index in [-0.39, 0.29) is 23.2 Å². The molecular formula is C30H31Cl2N3O4. The minimum atomic E-state index is -0.484. The zero-order valence-electron chi connectivity index (χ0n) is 22.3. The van der Waals surface area contributed by atoms with Crippen LogP contribution in [0, 0.1) is 0 Å². The highest BCUT2D eigenvalue weighted by Gasteiger charge is 2.27. The molecule has 39 heavy (non-hydrogen) atoms. The number of aromatic nitrogens is 2. The van der Waals surface area contributed by atoms with Crippen molar-refractivity contribution >= 4 is 34.9 Å². The number of carbonyl (C=O) groups excluding carboxylic acids is 1. The smallest absolute Gasteiger partial charge is 0.340 e. The minimum Gasteiger partial charge on any atom is -0.497 e. The molecule has 2 aromatic carbocycles. The van der Waals surface area contributed by atoms with Gasteiger partial charge in [-0.25, -0.2) is 4.79 Å². The zero-order valence-corrected chi connectivity index (χ0v) is 23.8. The SMILES string of the molecule is CCOC(=O)c1ccn(C(C)C)c1C(Nc1cc(Cl)c(=O)n(Cc2ccc(OC)cc2)c1)c1ccc(Cl)cc1. The van der Waals surface area contributed by atoms with E-state index < -0.39 is 12.0 Å². The highest BCUT2D eigenvalue weighted by Crippen LogP contribution is 2.33. The van der Waals surface area contributed by atoms with Crippen molar-refractivity contribution in [2.75, 3.05) is 19.0 Å². The normalized spacial score (nSPS) is 11.9. The van der Waals surface area contributed by atoms with Gasteiger partial charge in [-0.05, 0) is 68.3 Å². The van der Waals surface area contributed by atoms with Crippen molar-refractivity contribution in [3.8, 4) is 5.75 Å². The Balaban J connectivity index is 1.80. The fourth-order valence-corrected chi connectivity index (χ4v) is 4.80. The summed E-state index contributed by atoms with van der Waals surface area (Å²) in [5, 5.41) is 4.20. The number of hydrogen-bond donors (Lipinski definition) is 1. The number of benzene rings is 2. The number of rotatable bonds is 10. The fraction of sp³-hybridized carbons (Fsp3) is 0.267. The van der Waals surface area contributed by atoms with E-state index in [1.54, 1.807) is 49.1 Å². The Kier molecular flexibility index (Phi) is 9.04. The summed E-state index contributed by atoms with van der Waals surface area (Å²) < 4.78 is 14.2. The fourth-order valence-electron chi connectivity index (χ4n) is 4.45. The first kappa shape index (κ1) is 28.3. The summed E-state index contributed by atoms with van der Waals surface area (Å²) in [5.41, 5.74) is 3.27. The Hall–Kier alpha value is -3.68. The molecule has 0 saturated heterocycles. The lowest BCUT2D eigenvalue weighted by Crippen LogP contribution is -2.24. The maximum absolute atomic E-state index is 13.0. The number of esters is 1. The first-order valence-corrected chi connectivity index (χ1v) is 13.4. The first-order valence-electron chi connectivity index (χ1n) is 12.6. The Morgan fingerprint density at radius 3 is 2.33 bits per heavy atom. The second-order valence-electron chi connectivity index (χ2n) is 9.32. The number of pyridine rings is 1. The second-order valence-corrected chi connectivity index (χ2v) is 10.2. The summed E-state index contributed by atoms with van der Waals surface area (Å²) in [6.45, 7) is 6.45. The van der Waals surface area contributed by atoms with Gasteiger partial charge in [0.05, 0.1) is 43.2 Å². The minimum absolute atomic E-state index is 0.0624. The summed E-state index contributed by atoms with van der Waals surface area (Å²) in [4.78, 5) is 25.9. The molecule has 9 heteroatoms. The van der Waals surface area contributed by atoms with Gasteiger partial charge in [0.2, 0.25) is 0 Å². The average molecular weight is 569 g/mol. The number of nitrogens with one attached hydrogen (secondary N) is 1. The van der Waals surface area contributed by atoms with Crippen LogP contribution in [0.1, 0.15) is 60.0 Å². The molecule has 0 aliphatic heterocycles. The van der Waals surface area contributed by atoms with Crippen LogP contribution in [0.25, 0.3) is 0 Å². The number of ether oxygens (including phenoxy) is 2. The van der Waals surface area contributed by atoms with Crippen LogP contribution in [-0.4, -0.2) is 28.8 Å². The number of carbonyl (C=O) groups is 1. The Bertz CT molecular complexity index is 1490. The molecule has 204 valence electrons. The van der Waals surface area contributed by atoms with Crippen LogP contribution >= 0.6 is 23.2 Å². The van der Waals surface area contributed by atoms with Crippen molar-refractivity contribution in [3.63, 3.8) is 0 Å². The van der Waals surface area contributed by atoms with Crippen molar-refractivity contribution in [1.29, 1.82) is 0 Å². The van der Waals surface area contributed by atoms with Crippen molar-refractivity contribution in [1.82, 2.24) is 9.13 Å². The van der Waals surface area contributed by atoms with E-state index in [1.807, 2.05) is 61.0 Å². The van der Waals surface area contributed by atoms with Gasteiger partial charge in [0.25, 0.3) is 5.56 Å².